The smallest absolute Gasteiger partial charge is 0.124 e. The quantitative estimate of drug-likeness (QED) is 0.0234. The average molecular weight is 1290 g/mol. The van der Waals surface area contributed by atoms with Gasteiger partial charge in [-0.05, 0) is 250 Å². The molecule has 1 saturated heterocycles. The number of aromatic hydroxyl groups is 6. The second-order valence-electron chi connectivity index (χ2n) is 29.1. The zero-order chi connectivity index (χ0) is 67.5. The lowest BCUT2D eigenvalue weighted by molar-refractivity contribution is 0.0136. The molecule has 2 saturated carbocycles. The molecule has 512 valence electrons. The highest BCUT2D eigenvalue weighted by atomic mass is 16.5. The number of phenols is 6. The summed E-state index contributed by atoms with van der Waals surface area (Å²) < 4.78 is 41.8. The van der Waals surface area contributed by atoms with Gasteiger partial charge in [0, 0.05) is 99.1 Å². The van der Waals surface area contributed by atoms with Crippen LogP contribution in [-0.2, 0) is 96.5 Å². The van der Waals surface area contributed by atoms with Crippen molar-refractivity contribution in [3.8, 4) is 34.5 Å². The Hall–Kier alpha value is -6.16. The lowest BCUT2D eigenvalue weighted by Crippen LogP contribution is -2.41. The maximum absolute atomic E-state index is 12.0. The Bertz CT molecular complexity index is 3510. The third-order valence-corrected chi connectivity index (χ3v) is 21.7. The fraction of sp³-hybridized carbons (Fsp3) is 0.556. The van der Waals surface area contributed by atoms with Crippen LogP contribution in [0.25, 0.3) is 0 Å². The van der Waals surface area contributed by atoms with E-state index >= 15 is 0 Å². The molecule has 6 aromatic rings. The molecule has 2 aliphatic carbocycles. The molecule has 6 N–H and O–H groups in total. The van der Waals surface area contributed by atoms with Crippen molar-refractivity contribution in [2.75, 3.05) is 54.9 Å². The average Bonchev–Trinajstić information content (AvgIpc) is 0.745. The van der Waals surface area contributed by atoms with Crippen molar-refractivity contribution in [3.63, 3.8) is 0 Å². The van der Waals surface area contributed by atoms with Crippen LogP contribution in [0.4, 0.5) is 0 Å². The Balaban J connectivity index is 0.935. The molecule has 13 nitrogen and oxygen atoms in total. The van der Waals surface area contributed by atoms with Crippen molar-refractivity contribution in [3.05, 3.63) is 173 Å². The van der Waals surface area contributed by atoms with E-state index in [0.29, 0.717) is 76.0 Å². The van der Waals surface area contributed by atoms with Gasteiger partial charge in [-0.25, -0.2) is 0 Å². The SMILES string of the molecule is COCc1cc(CCCCC(CCc2cc(C)c(O)c(COC)c2)COCc2cc(C3(c4cc(C)c(O)c(COC)c4)CCC4(CCCC(COCc5cc(C6(c7cc(COC)c(O)c(C(C)C)c7)CCOCC6)cc(C(C)C)c5O)C4)CC3)cc(C)c2O)cc(C)c1O. The second kappa shape index (κ2) is 32.3. The molecule has 0 amide bonds. The summed E-state index contributed by atoms with van der Waals surface area (Å²) in [5, 5.41) is 68.3. The fourth-order valence-corrected chi connectivity index (χ4v) is 16.3. The van der Waals surface area contributed by atoms with Crippen molar-refractivity contribution >= 4 is 0 Å². The van der Waals surface area contributed by atoms with Gasteiger partial charge in [-0.1, -0.05) is 76.9 Å². The number of methoxy groups -OCH3 is 4. The van der Waals surface area contributed by atoms with E-state index in [2.05, 4.69) is 100 Å². The first kappa shape index (κ1) is 72.1. The second-order valence-corrected chi connectivity index (χ2v) is 29.1. The van der Waals surface area contributed by atoms with Crippen LogP contribution in [0.5, 0.6) is 34.5 Å². The van der Waals surface area contributed by atoms with Gasteiger partial charge in [-0.15, -0.1) is 0 Å². The van der Waals surface area contributed by atoms with Gasteiger partial charge in [0.25, 0.3) is 0 Å². The molecule has 9 rings (SSSR count). The molecule has 6 aromatic carbocycles. The summed E-state index contributed by atoms with van der Waals surface area (Å²) in [5.74, 6) is 2.43. The Morgan fingerprint density at radius 1 is 0.436 bits per heavy atom. The van der Waals surface area contributed by atoms with Gasteiger partial charge in [0.05, 0.1) is 39.6 Å². The minimum Gasteiger partial charge on any atom is -0.507 e. The van der Waals surface area contributed by atoms with Gasteiger partial charge >= 0.3 is 0 Å². The molecular weight excluding hydrogens is 1180 g/mol. The number of unbranched alkanes of at least 4 members (excludes halogenated alkanes) is 1. The first-order valence-electron chi connectivity index (χ1n) is 34.8. The van der Waals surface area contributed by atoms with Gasteiger partial charge in [0.1, 0.15) is 34.5 Å². The third kappa shape index (κ3) is 16.4. The van der Waals surface area contributed by atoms with Crippen LogP contribution in [-0.4, -0.2) is 85.5 Å². The summed E-state index contributed by atoms with van der Waals surface area (Å²) in [4.78, 5) is 0. The number of phenolic OH excluding ortho intramolecular Hbond substituents is 6. The molecular formula is C81H110O13. The van der Waals surface area contributed by atoms with Gasteiger partial charge < -0.3 is 63.8 Å². The number of aryl methyl sites for hydroxylation is 6. The van der Waals surface area contributed by atoms with Crippen LogP contribution in [0.15, 0.2) is 72.8 Å². The Kier molecular flexibility index (Phi) is 24.7. The topological polar surface area (TPSA) is 186 Å². The van der Waals surface area contributed by atoms with Gasteiger partial charge in [-0.2, -0.15) is 0 Å². The summed E-state index contributed by atoms with van der Waals surface area (Å²) >= 11 is 0. The van der Waals surface area contributed by atoms with Crippen molar-refractivity contribution in [2.45, 2.75) is 220 Å². The molecule has 0 aromatic heterocycles. The minimum absolute atomic E-state index is 0.0728. The van der Waals surface area contributed by atoms with Crippen LogP contribution < -0.4 is 0 Å². The van der Waals surface area contributed by atoms with E-state index in [4.69, 9.17) is 33.2 Å². The van der Waals surface area contributed by atoms with Crippen LogP contribution in [0.1, 0.15) is 230 Å². The summed E-state index contributed by atoms with van der Waals surface area (Å²) in [6.45, 7) is 20.5. The summed E-state index contributed by atoms with van der Waals surface area (Å²) in [6.07, 6.45) is 15.3. The molecule has 0 bridgehead atoms. The van der Waals surface area contributed by atoms with E-state index in [1.807, 2.05) is 27.7 Å². The van der Waals surface area contributed by atoms with E-state index in [9.17, 15) is 30.6 Å². The number of hydrogen-bond donors (Lipinski definition) is 6. The Morgan fingerprint density at radius 3 is 1.34 bits per heavy atom. The molecule has 94 heavy (non-hydrogen) atoms. The fourth-order valence-electron chi connectivity index (χ4n) is 16.3. The zero-order valence-electron chi connectivity index (χ0n) is 58.7. The number of ether oxygens (including phenoxy) is 7. The van der Waals surface area contributed by atoms with Crippen LogP contribution in [0.3, 0.4) is 0 Å². The number of rotatable bonds is 30. The van der Waals surface area contributed by atoms with Crippen molar-refractivity contribution in [2.24, 2.45) is 17.3 Å². The maximum atomic E-state index is 12.0. The molecule has 3 fully saturated rings. The normalized spacial score (nSPS) is 19.4. The molecule has 1 heterocycles. The molecule has 3 aliphatic rings. The minimum atomic E-state index is -0.421. The molecule has 2 atom stereocenters. The molecule has 1 spiro atoms. The highest BCUT2D eigenvalue weighted by Gasteiger charge is 2.47. The Morgan fingerprint density at radius 2 is 0.851 bits per heavy atom. The van der Waals surface area contributed by atoms with Gasteiger partial charge in [0.15, 0.2) is 0 Å². The number of benzene rings is 6. The summed E-state index contributed by atoms with van der Waals surface area (Å²) in [6, 6.07) is 25.7. The van der Waals surface area contributed by atoms with Gasteiger partial charge in [-0.3, -0.25) is 0 Å². The number of hydrogen-bond acceptors (Lipinski definition) is 13. The monoisotopic (exact) mass is 1290 g/mol. The molecule has 0 radical (unpaired) electrons. The van der Waals surface area contributed by atoms with E-state index in [1.165, 1.54) is 5.56 Å². The largest absolute Gasteiger partial charge is 0.507 e. The van der Waals surface area contributed by atoms with E-state index < -0.39 is 10.8 Å². The molecule has 2 unspecified atom stereocenters. The first-order chi connectivity index (χ1) is 45.1. The van der Waals surface area contributed by atoms with Crippen LogP contribution in [0.2, 0.25) is 0 Å². The highest BCUT2D eigenvalue weighted by Crippen LogP contribution is 2.58. The zero-order valence-corrected chi connectivity index (χ0v) is 58.7. The van der Waals surface area contributed by atoms with Crippen molar-refractivity contribution in [1.82, 2.24) is 0 Å². The lowest BCUT2D eigenvalue weighted by Gasteiger charge is -2.51. The van der Waals surface area contributed by atoms with Crippen LogP contribution in [0, 0.1) is 44.9 Å². The van der Waals surface area contributed by atoms with E-state index in [0.717, 1.165) is 197 Å². The molecule has 1 aliphatic heterocycles. The standard InChI is InChI=1S/C81H110O13/c1-51(2)71-40-69(37-64(48-91-12)77(71)86)81(26-28-92-29-27-81)70-39-66(78(87)72(41-70)52(3)4)50-94-44-60-18-15-21-79(42-60)22-24-80(25-23-79,67-32-55(7)75(84)63(36-67)47-90-11)68-33-56(8)76(85)65(38-68)49-93-43-57(19-20-59-31-54(6)74(83)62(35-59)46-89-10)16-13-14-17-58-30-53(5)73(82)61(34-58)45-88-9/h30-41,51-52,57,60,82-87H,13-29,42-50H2,1-12H3. The van der Waals surface area contributed by atoms with Crippen LogP contribution >= 0.6 is 0 Å². The highest BCUT2D eigenvalue weighted by molar-refractivity contribution is 5.56. The Labute approximate surface area is 561 Å². The van der Waals surface area contributed by atoms with E-state index in [-0.39, 0.29) is 53.6 Å². The van der Waals surface area contributed by atoms with Crippen molar-refractivity contribution < 1.29 is 63.8 Å². The van der Waals surface area contributed by atoms with Gasteiger partial charge in [0.2, 0.25) is 0 Å². The third-order valence-electron chi connectivity index (χ3n) is 21.7. The predicted molar refractivity (Wildman–Crippen MR) is 372 cm³/mol. The van der Waals surface area contributed by atoms with E-state index in [1.54, 1.807) is 28.4 Å². The lowest BCUT2D eigenvalue weighted by atomic mass is 9.54. The summed E-state index contributed by atoms with van der Waals surface area (Å²) in [7, 11) is 6.62. The first-order valence-corrected chi connectivity index (χ1v) is 34.8. The predicted octanol–water partition coefficient (Wildman–Crippen LogP) is 17.5. The van der Waals surface area contributed by atoms with Crippen molar-refractivity contribution in [1.29, 1.82) is 0 Å². The summed E-state index contributed by atoms with van der Waals surface area (Å²) in [5.41, 5.74) is 16.0. The molecule has 13 heteroatoms. The maximum Gasteiger partial charge on any atom is 0.124 e.